The van der Waals surface area contributed by atoms with Crippen LogP contribution in [0.1, 0.15) is 77.6 Å². The van der Waals surface area contributed by atoms with Crippen molar-refractivity contribution in [1.29, 1.82) is 0 Å². The van der Waals surface area contributed by atoms with Crippen LogP contribution in [-0.4, -0.2) is 11.9 Å². The molecule has 0 aliphatic carbocycles. The minimum absolute atomic E-state index is 0.269. The summed E-state index contributed by atoms with van der Waals surface area (Å²) in [5.41, 5.74) is -0.383. The van der Waals surface area contributed by atoms with E-state index in [2.05, 4.69) is 13.5 Å². The van der Waals surface area contributed by atoms with Gasteiger partial charge in [-0.25, -0.2) is 0 Å². The molecule has 0 radical (unpaired) electrons. The van der Waals surface area contributed by atoms with Gasteiger partial charge < -0.3 is 19.8 Å². The topological polar surface area (TPSA) is 80.3 Å². The van der Waals surface area contributed by atoms with Gasteiger partial charge in [-0.1, -0.05) is 77.7 Å². The maximum atomic E-state index is 10.9. The van der Waals surface area contributed by atoms with E-state index < -0.39 is 17.9 Å². The average molecular weight is 296 g/mol. The first kappa shape index (κ1) is 19.7. The number of rotatable bonds is 14. The first-order chi connectivity index (χ1) is 10.0. The molecule has 0 bridgehead atoms. The molecule has 0 saturated carbocycles. The predicted octanol–water partition coefficient (Wildman–Crippen LogP) is 1.97. The smallest absolute Gasteiger partial charge is 0.0675 e. The monoisotopic (exact) mass is 296 g/mol. The highest BCUT2D eigenvalue weighted by Gasteiger charge is 2.14. The van der Waals surface area contributed by atoms with Gasteiger partial charge in [0.2, 0.25) is 0 Å². The molecule has 0 aliphatic rings. The van der Waals surface area contributed by atoms with Crippen LogP contribution in [0.3, 0.4) is 0 Å². The van der Waals surface area contributed by atoms with Gasteiger partial charge in [0, 0.05) is 11.9 Å². The Balaban J connectivity index is 3.62. The lowest BCUT2D eigenvalue weighted by Crippen LogP contribution is -2.38. The van der Waals surface area contributed by atoms with E-state index in [9.17, 15) is 19.8 Å². The van der Waals surface area contributed by atoms with Gasteiger partial charge >= 0.3 is 0 Å². The van der Waals surface area contributed by atoms with Crippen LogP contribution in [0, 0.1) is 5.92 Å². The fourth-order valence-electron chi connectivity index (χ4n) is 2.41. The van der Waals surface area contributed by atoms with Crippen LogP contribution >= 0.6 is 0 Å². The van der Waals surface area contributed by atoms with Crippen LogP contribution in [0.5, 0.6) is 0 Å². The molecule has 1 atom stereocenters. The van der Waals surface area contributed by atoms with Crippen LogP contribution in [0.15, 0.2) is 12.2 Å². The van der Waals surface area contributed by atoms with E-state index in [1.807, 2.05) is 0 Å². The van der Waals surface area contributed by atoms with Crippen molar-refractivity contribution in [3.63, 3.8) is 0 Å². The number of aliphatic carboxylic acids is 2. The number of carbonyl (C=O) groups is 2. The van der Waals surface area contributed by atoms with Crippen molar-refractivity contribution in [1.82, 2.24) is 0 Å². The van der Waals surface area contributed by atoms with Gasteiger partial charge in [0.05, 0.1) is 5.97 Å². The Morgan fingerprint density at radius 1 is 0.857 bits per heavy atom. The SMILES string of the molecule is C=C(C(=O)[O-])C(CCCCCCCCCCCC)C(=O)[O-]. The molecule has 0 spiro atoms. The van der Waals surface area contributed by atoms with Crippen molar-refractivity contribution in [3.05, 3.63) is 12.2 Å². The molecule has 122 valence electrons. The van der Waals surface area contributed by atoms with Crippen LogP contribution in [0.25, 0.3) is 0 Å². The van der Waals surface area contributed by atoms with E-state index >= 15 is 0 Å². The summed E-state index contributed by atoms with van der Waals surface area (Å²) in [5.74, 6) is -4.00. The maximum absolute atomic E-state index is 10.9. The van der Waals surface area contributed by atoms with E-state index in [1.54, 1.807) is 0 Å². The molecule has 4 heteroatoms. The van der Waals surface area contributed by atoms with Crippen molar-refractivity contribution >= 4 is 11.9 Å². The second-order valence-electron chi connectivity index (χ2n) is 5.65. The van der Waals surface area contributed by atoms with Crippen molar-refractivity contribution in [2.75, 3.05) is 0 Å². The fraction of sp³-hybridized carbons (Fsp3) is 0.765. The van der Waals surface area contributed by atoms with Gasteiger partial charge in [0.25, 0.3) is 0 Å². The molecular weight excluding hydrogens is 268 g/mol. The fourth-order valence-corrected chi connectivity index (χ4v) is 2.41. The van der Waals surface area contributed by atoms with Crippen molar-refractivity contribution in [3.8, 4) is 0 Å². The highest BCUT2D eigenvalue weighted by Crippen LogP contribution is 2.18. The van der Waals surface area contributed by atoms with E-state index in [4.69, 9.17) is 0 Å². The molecule has 0 aromatic rings. The molecule has 1 unspecified atom stereocenters. The lowest BCUT2D eigenvalue weighted by atomic mass is 9.93. The molecule has 0 rings (SSSR count). The average Bonchev–Trinajstić information content (AvgIpc) is 2.43. The Bertz CT molecular complexity index is 323. The normalized spacial score (nSPS) is 12.0. The number of carboxylic acid groups (broad SMARTS) is 2. The van der Waals surface area contributed by atoms with E-state index in [1.165, 1.54) is 38.5 Å². The van der Waals surface area contributed by atoms with Crippen molar-refractivity contribution in [2.24, 2.45) is 5.92 Å². The first-order valence-corrected chi connectivity index (χ1v) is 8.11. The van der Waals surface area contributed by atoms with Gasteiger partial charge in [-0.3, -0.25) is 0 Å². The third-order valence-corrected chi connectivity index (χ3v) is 3.81. The Morgan fingerprint density at radius 3 is 1.67 bits per heavy atom. The number of carbonyl (C=O) groups excluding carboxylic acids is 2. The van der Waals surface area contributed by atoms with Crippen LogP contribution < -0.4 is 10.2 Å². The Labute approximate surface area is 128 Å². The highest BCUT2D eigenvalue weighted by atomic mass is 16.4. The zero-order chi connectivity index (χ0) is 16.1. The van der Waals surface area contributed by atoms with E-state index in [0.717, 1.165) is 19.3 Å². The standard InChI is InChI=1S/C17H30O4/c1-3-4-5-6-7-8-9-10-11-12-13-15(17(20)21)14(2)16(18)19/h15H,2-13H2,1H3,(H,18,19)(H,20,21)/p-2. The summed E-state index contributed by atoms with van der Waals surface area (Å²) in [5, 5.41) is 21.5. The minimum Gasteiger partial charge on any atom is -0.549 e. The van der Waals surface area contributed by atoms with Crippen LogP contribution in [0.2, 0.25) is 0 Å². The van der Waals surface area contributed by atoms with Gasteiger partial charge in [-0.2, -0.15) is 0 Å². The molecule has 4 nitrogen and oxygen atoms in total. The third kappa shape index (κ3) is 10.1. The molecule has 21 heavy (non-hydrogen) atoms. The summed E-state index contributed by atoms with van der Waals surface area (Å²) in [6.45, 7) is 5.46. The zero-order valence-corrected chi connectivity index (χ0v) is 13.2. The lowest BCUT2D eigenvalue weighted by Gasteiger charge is -2.21. The predicted molar refractivity (Wildman–Crippen MR) is 79.1 cm³/mol. The van der Waals surface area contributed by atoms with Gasteiger partial charge in [-0.15, -0.1) is 0 Å². The number of carboxylic acids is 2. The molecule has 0 fully saturated rings. The molecule has 0 heterocycles. The van der Waals surface area contributed by atoms with E-state index in [-0.39, 0.29) is 12.0 Å². The third-order valence-electron chi connectivity index (χ3n) is 3.81. The molecule has 0 amide bonds. The minimum atomic E-state index is -1.50. The molecule has 0 aliphatic heterocycles. The first-order valence-electron chi connectivity index (χ1n) is 8.11. The summed E-state index contributed by atoms with van der Waals surface area (Å²) >= 11 is 0. The zero-order valence-electron chi connectivity index (χ0n) is 13.2. The van der Waals surface area contributed by atoms with Crippen LogP contribution in [-0.2, 0) is 9.59 Å². The molecule has 0 N–H and O–H groups in total. The summed E-state index contributed by atoms with van der Waals surface area (Å²) in [7, 11) is 0. The number of hydrogen-bond acceptors (Lipinski definition) is 4. The van der Waals surface area contributed by atoms with Crippen LogP contribution in [0.4, 0.5) is 0 Å². The summed E-state index contributed by atoms with van der Waals surface area (Å²) in [6, 6.07) is 0. The maximum Gasteiger partial charge on any atom is 0.0675 e. The lowest BCUT2D eigenvalue weighted by molar-refractivity contribution is -0.315. The molecule has 0 aromatic heterocycles. The number of hydrogen-bond donors (Lipinski definition) is 0. The van der Waals surface area contributed by atoms with Gasteiger partial charge in [-0.05, 0) is 12.0 Å². The van der Waals surface area contributed by atoms with Gasteiger partial charge in [0.1, 0.15) is 0 Å². The molecule has 0 aromatic carbocycles. The quantitative estimate of drug-likeness (QED) is 0.362. The summed E-state index contributed by atoms with van der Waals surface area (Å²) < 4.78 is 0. The largest absolute Gasteiger partial charge is 0.549 e. The number of unbranched alkanes of at least 4 members (excludes halogenated alkanes) is 9. The second kappa shape index (κ2) is 12.4. The summed E-state index contributed by atoms with van der Waals surface area (Å²) in [6.07, 6.45) is 11.8. The summed E-state index contributed by atoms with van der Waals surface area (Å²) in [4.78, 5) is 21.5. The molecule has 0 saturated heterocycles. The van der Waals surface area contributed by atoms with Gasteiger partial charge in [0.15, 0.2) is 0 Å². The Morgan fingerprint density at radius 2 is 1.29 bits per heavy atom. The molecular formula is C17H28O4-2. The second-order valence-corrected chi connectivity index (χ2v) is 5.65. The highest BCUT2D eigenvalue weighted by molar-refractivity contribution is 5.91. The van der Waals surface area contributed by atoms with Crippen molar-refractivity contribution in [2.45, 2.75) is 77.6 Å². The Kier molecular flexibility index (Phi) is 11.6. The van der Waals surface area contributed by atoms with Crippen molar-refractivity contribution < 1.29 is 19.8 Å². The Hall–Kier alpha value is -1.32. The van der Waals surface area contributed by atoms with E-state index in [0.29, 0.717) is 6.42 Å².